The van der Waals surface area contributed by atoms with E-state index in [1.807, 2.05) is 32.9 Å². The van der Waals surface area contributed by atoms with Crippen LogP contribution < -0.4 is 0 Å². The fourth-order valence-electron chi connectivity index (χ4n) is 3.52. The number of hydrogen-bond acceptors (Lipinski definition) is 2. The van der Waals surface area contributed by atoms with Gasteiger partial charge in [-0.3, -0.25) is 4.79 Å². The van der Waals surface area contributed by atoms with Crippen LogP contribution in [0.25, 0.3) is 10.9 Å². The van der Waals surface area contributed by atoms with Gasteiger partial charge in [0.2, 0.25) is 5.91 Å². The van der Waals surface area contributed by atoms with Crippen molar-refractivity contribution in [1.82, 2.24) is 9.88 Å². The molecule has 5 heteroatoms. The lowest BCUT2D eigenvalue weighted by Crippen LogP contribution is -2.34. The molecule has 138 valence electrons. The number of nitriles is 1. The van der Waals surface area contributed by atoms with Crippen molar-refractivity contribution < 1.29 is 9.18 Å². The first-order valence-corrected chi connectivity index (χ1v) is 9.00. The zero-order valence-electron chi connectivity index (χ0n) is 15.7. The van der Waals surface area contributed by atoms with Crippen molar-refractivity contribution in [2.75, 3.05) is 6.54 Å². The number of hydrogen-bond donors (Lipinski definition) is 1. The van der Waals surface area contributed by atoms with Crippen LogP contribution in [0.1, 0.15) is 42.3 Å². The summed E-state index contributed by atoms with van der Waals surface area (Å²) in [6, 6.07) is 13.9. The number of benzene rings is 2. The predicted octanol–water partition coefficient (Wildman–Crippen LogP) is 4.64. The lowest BCUT2D eigenvalue weighted by atomic mass is 10.0. The van der Waals surface area contributed by atoms with Gasteiger partial charge in [0.1, 0.15) is 5.82 Å². The number of nitrogens with zero attached hydrogens (tertiary/aromatic N) is 2. The van der Waals surface area contributed by atoms with Gasteiger partial charge in [-0.15, -0.1) is 0 Å². The molecule has 1 atom stereocenters. The highest BCUT2D eigenvalue weighted by Crippen LogP contribution is 2.26. The Hall–Kier alpha value is -3.13. The van der Waals surface area contributed by atoms with Crippen molar-refractivity contribution >= 4 is 16.8 Å². The maximum atomic E-state index is 13.7. The van der Waals surface area contributed by atoms with Crippen LogP contribution in [0.5, 0.6) is 0 Å². The van der Waals surface area contributed by atoms with E-state index in [9.17, 15) is 9.18 Å². The van der Waals surface area contributed by atoms with Crippen LogP contribution in [-0.4, -0.2) is 22.3 Å². The number of fused-ring (bicyclic) bond motifs is 1. The quantitative estimate of drug-likeness (QED) is 0.718. The van der Waals surface area contributed by atoms with E-state index in [1.165, 1.54) is 12.1 Å². The lowest BCUT2D eigenvalue weighted by Gasteiger charge is -2.28. The van der Waals surface area contributed by atoms with E-state index in [0.717, 1.165) is 27.7 Å². The summed E-state index contributed by atoms with van der Waals surface area (Å²) in [7, 11) is 0. The van der Waals surface area contributed by atoms with Crippen molar-refractivity contribution in [3.63, 3.8) is 0 Å². The second-order valence-corrected chi connectivity index (χ2v) is 6.68. The molecule has 1 N–H and O–H groups in total. The Morgan fingerprint density at radius 1 is 1.26 bits per heavy atom. The number of carbonyl (C=O) groups excluding carboxylic acids is 1. The number of H-pyrrole nitrogens is 1. The summed E-state index contributed by atoms with van der Waals surface area (Å²) in [6.07, 6.45) is 0.212. The maximum Gasteiger partial charge on any atom is 0.227 e. The van der Waals surface area contributed by atoms with Gasteiger partial charge in [-0.25, -0.2) is 4.39 Å². The third-order valence-electron chi connectivity index (χ3n) is 5.06. The second kappa shape index (κ2) is 7.63. The Bertz CT molecular complexity index is 1010. The fraction of sp³-hybridized carbons (Fsp3) is 0.273. The van der Waals surface area contributed by atoms with E-state index < -0.39 is 0 Å². The molecule has 0 aliphatic heterocycles. The van der Waals surface area contributed by atoms with Gasteiger partial charge >= 0.3 is 0 Å². The Morgan fingerprint density at radius 3 is 2.59 bits per heavy atom. The second-order valence-electron chi connectivity index (χ2n) is 6.68. The Balaban J connectivity index is 1.86. The van der Waals surface area contributed by atoms with Crippen LogP contribution in [0.2, 0.25) is 0 Å². The van der Waals surface area contributed by atoms with E-state index >= 15 is 0 Å². The molecule has 1 amide bonds. The maximum absolute atomic E-state index is 13.7. The van der Waals surface area contributed by atoms with E-state index in [-0.39, 0.29) is 24.2 Å². The summed E-state index contributed by atoms with van der Waals surface area (Å²) in [6.45, 7) is 6.39. The summed E-state index contributed by atoms with van der Waals surface area (Å²) in [5.74, 6) is -0.323. The lowest BCUT2D eigenvalue weighted by molar-refractivity contribution is -0.132. The summed E-state index contributed by atoms with van der Waals surface area (Å²) in [4.78, 5) is 18.1. The van der Waals surface area contributed by atoms with Crippen molar-refractivity contribution in [3.8, 4) is 6.07 Å². The highest BCUT2D eigenvalue weighted by Gasteiger charge is 2.22. The molecule has 3 aromatic rings. The minimum absolute atomic E-state index is 0.0115. The molecule has 0 fully saturated rings. The molecule has 27 heavy (non-hydrogen) atoms. The molecular formula is C22H22FN3O. The first-order chi connectivity index (χ1) is 12.9. The van der Waals surface area contributed by atoms with Gasteiger partial charge in [-0.05, 0) is 62.2 Å². The van der Waals surface area contributed by atoms with Crippen molar-refractivity contribution in [2.45, 2.75) is 33.2 Å². The number of amides is 1. The van der Waals surface area contributed by atoms with E-state index in [4.69, 9.17) is 5.26 Å². The number of nitrogens with one attached hydrogen (secondary N) is 1. The van der Waals surface area contributed by atoms with E-state index in [0.29, 0.717) is 12.1 Å². The van der Waals surface area contributed by atoms with E-state index in [2.05, 4.69) is 11.1 Å². The number of aryl methyl sites for hydroxylation is 1. The average molecular weight is 363 g/mol. The molecular weight excluding hydrogens is 341 g/mol. The molecule has 0 radical (unpaired) electrons. The number of aromatic amines is 1. The van der Waals surface area contributed by atoms with Crippen LogP contribution in [-0.2, 0) is 11.2 Å². The van der Waals surface area contributed by atoms with Crippen molar-refractivity contribution in [2.24, 2.45) is 0 Å². The van der Waals surface area contributed by atoms with Crippen LogP contribution in [0.4, 0.5) is 4.39 Å². The molecule has 0 saturated heterocycles. The van der Waals surface area contributed by atoms with Gasteiger partial charge in [-0.2, -0.15) is 5.26 Å². The Morgan fingerprint density at radius 2 is 1.96 bits per heavy atom. The first-order valence-electron chi connectivity index (χ1n) is 9.00. The molecule has 1 aromatic heterocycles. The molecule has 3 rings (SSSR count). The Kier molecular flexibility index (Phi) is 5.27. The van der Waals surface area contributed by atoms with Crippen LogP contribution in [0.3, 0.4) is 0 Å². The minimum Gasteiger partial charge on any atom is -0.358 e. The van der Waals surface area contributed by atoms with E-state index in [1.54, 1.807) is 23.1 Å². The summed E-state index contributed by atoms with van der Waals surface area (Å²) in [5, 5.41) is 9.69. The first kappa shape index (κ1) is 18.7. The SMILES string of the molecule is CCN(C(=O)Cc1c(C)[nH]c2ccc(F)cc12)C(C)c1ccc(C#N)cc1. The zero-order chi connectivity index (χ0) is 19.6. The van der Waals surface area contributed by atoms with Crippen molar-refractivity contribution in [1.29, 1.82) is 5.26 Å². The number of aromatic nitrogens is 1. The molecule has 0 aliphatic carbocycles. The monoisotopic (exact) mass is 363 g/mol. The smallest absolute Gasteiger partial charge is 0.227 e. The molecule has 0 spiro atoms. The fourth-order valence-corrected chi connectivity index (χ4v) is 3.52. The third kappa shape index (κ3) is 3.70. The molecule has 4 nitrogen and oxygen atoms in total. The summed E-state index contributed by atoms with van der Waals surface area (Å²) < 4.78 is 13.7. The molecule has 0 saturated carbocycles. The highest BCUT2D eigenvalue weighted by molar-refractivity contribution is 5.90. The summed E-state index contributed by atoms with van der Waals surface area (Å²) >= 11 is 0. The minimum atomic E-state index is -0.312. The highest BCUT2D eigenvalue weighted by atomic mass is 19.1. The largest absolute Gasteiger partial charge is 0.358 e. The topological polar surface area (TPSA) is 59.9 Å². The number of likely N-dealkylation sites (N-methyl/N-ethyl adjacent to an activating group) is 1. The molecule has 2 aromatic carbocycles. The van der Waals surface area contributed by atoms with Gasteiger partial charge < -0.3 is 9.88 Å². The van der Waals surface area contributed by atoms with Gasteiger partial charge in [-0.1, -0.05) is 12.1 Å². The zero-order valence-corrected chi connectivity index (χ0v) is 15.7. The third-order valence-corrected chi connectivity index (χ3v) is 5.06. The normalized spacial score (nSPS) is 12.0. The predicted molar refractivity (Wildman–Crippen MR) is 104 cm³/mol. The standard InChI is InChI=1S/C22H22FN3O/c1-4-26(15(3)17-7-5-16(13-24)6-8-17)22(27)12-19-14(2)25-21-10-9-18(23)11-20(19)21/h5-11,15,25H,4,12H2,1-3H3. The van der Waals surface area contributed by atoms with Gasteiger partial charge in [0.05, 0.1) is 24.1 Å². The molecule has 0 aliphatic rings. The van der Waals surface area contributed by atoms with Crippen LogP contribution >= 0.6 is 0 Å². The van der Waals surface area contributed by atoms with Crippen molar-refractivity contribution in [3.05, 3.63) is 70.7 Å². The van der Waals surface area contributed by atoms with Crippen LogP contribution in [0, 0.1) is 24.1 Å². The molecule has 1 unspecified atom stereocenters. The number of carbonyl (C=O) groups is 1. The van der Waals surface area contributed by atoms with Gasteiger partial charge in [0.15, 0.2) is 0 Å². The Labute approximate surface area is 158 Å². The molecule has 1 heterocycles. The molecule has 0 bridgehead atoms. The van der Waals surface area contributed by atoms with Crippen LogP contribution in [0.15, 0.2) is 42.5 Å². The average Bonchev–Trinajstić information content (AvgIpc) is 2.97. The van der Waals surface area contributed by atoms with Gasteiger partial charge in [0, 0.05) is 23.1 Å². The van der Waals surface area contributed by atoms with Gasteiger partial charge in [0.25, 0.3) is 0 Å². The number of halogens is 1. The summed E-state index contributed by atoms with van der Waals surface area (Å²) in [5.41, 5.74) is 4.12. The number of rotatable bonds is 5.